The van der Waals surface area contributed by atoms with Crippen LogP contribution in [-0.2, 0) is 4.74 Å². The number of likely N-dealkylation sites (tertiary alicyclic amines) is 1. The summed E-state index contributed by atoms with van der Waals surface area (Å²) in [4.78, 5) is 24.0. The van der Waals surface area contributed by atoms with Crippen LogP contribution in [0.2, 0.25) is 5.28 Å². The minimum atomic E-state index is -0.500. The first-order valence-corrected chi connectivity index (χ1v) is 7.84. The van der Waals surface area contributed by atoms with Crippen LogP contribution in [0.15, 0.2) is 6.07 Å². The van der Waals surface area contributed by atoms with Gasteiger partial charge >= 0.3 is 6.09 Å². The molecule has 2 aliphatic heterocycles. The Hall–Kier alpha value is -2.07. The second-order valence-electron chi connectivity index (χ2n) is 6.86. The van der Waals surface area contributed by atoms with Gasteiger partial charge < -0.3 is 14.5 Å². The molecule has 0 aliphatic carbocycles. The van der Waals surface area contributed by atoms with Gasteiger partial charge in [-0.15, -0.1) is 0 Å². The third-order valence-electron chi connectivity index (χ3n) is 3.98. The van der Waals surface area contributed by atoms with Crippen LogP contribution in [0.25, 0.3) is 0 Å². The summed E-state index contributed by atoms with van der Waals surface area (Å²) < 4.78 is 5.42. The molecule has 0 bridgehead atoms. The molecular formula is C15H18ClN5O2. The number of nitriles is 1. The minimum Gasteiger partial charge on any atom is -0.444 e. The van der Waals surface area contributed by atoms with Crippen LogP contribution in [0.5, 0.6) is 0 Å². The van der Waals surface area contributed by atoms with Crippen LogP contribution >= 0.6 is 11.6 Å². The molecule has 1 amide bonds. The Kier molecular flexibility index (Phi) is 3.80. The Morgan fingerprint density at radius 1 is 1.39 bits per heavy atom. The number of aromatic nitrogens is 2. The van der Waals surface area contributed by atoms with Crippen LogP contribution in [0.4, 0.5) is 10.6 Å². The monoisotopic (exact) mass is 335 g/mol. The molecule has 0 N–H and O–H groups in total. The van der Waals surface area contributed by atoms with Crippen molar-refractivity contribution in [2.75, 3.05) is 24.5 Å². The second kappa shape index (κ2) is 5.53. The molecule has 2 atom stereocenters. The number of fused-ring (bicyclic) bond motifs is 1. The number of nitrogens with zero attached hydrogens (tertiary/aromatic N) is 5. The molecule has 0 aromatic carbocycles. The topological polar surface area (TPSA) is 82.4 Å². The van der Waals surface area contributed by atoms with Gasteiger partial charge in [-0.25, -0.2) is 14.8 Å². The number of carbonyl (C=O) groups is 1. The summed E-state index contributed by atoms with van der Waals surface area (Å²) in [6.07, 6.45) is -0.287. The molecule has 7 nitrogen and oxygen atoms in total. The highest BCUT2D eigenvalue weighted by atomic mass is 35.5. The van der Waals surface area contributed by atoms with E-state index in [9.17, 15) is 4.79 Å². The zero-order chi connectivity index (χ0) is 16.8. The fraction of sp³-hybridized carbons (Fsp3) is 0.600. The zero-order valence-corrected chi connectivity index (χ0v) is 14.0. The lowest BCUT2D eigenvalue weighted by molar-refractivity contribution is 0.0291. The van der Waals surface area contributed by atoms with Crippen LogP contribution in [0.3, 0.4) is 0 Å². The molecule has 2 aliphatic rings. The third-order valence-corrected chi connectivity index (χ3v) is 4.15. The average Bonchev–Trinajstić information content (AvgIpc) is 2.74. The van der Waals surface area contributed by atoms with Crippen LogP contribution in [0, 0.1) is 17.2 Å². The molecule has 2 saturated heterocycles. The predicted octanol–water partition coefficient (Wildman–Crippen LogP) is 2.06. The van der Waals surface area contributed by atoms with Gasteiger partial charge in [0.15, 0.2) is 0 Å². The van der Waals surface area contributed by atoms with Crippen LogP contribution in [-0.4, -0.2) is 52.2 Å². The van der Waals surface area contributed by atoms with Crippen molar-refractivity contribution in [1.82, 2.24) is 14.9 Å². The molecule has 8 heteroatoms. The lowest BCUT2D eigenvalue weighted by atomic mass is 9.92. The lowest BCUT2D eigenvalue weighted by Crippen LogP contribution is -2.56. The van der Waals surface area contributed by atoms with Crippen molar-refractivity contribution >= 4 is 23.5 Å². The maximum Gasteiger partial charge on any atom is 0.410 e. The Morgan fingerprint density at radius 2 is 2.13 bits per heavy atom. The smallest absolute Gasteiger partial charge is 0.410 e. The number of anilines is 1. The molecule has 0 unspecified atom stereocenters. The molecule has 0 radical (unpaired) electrons. The quantitative estimate of drug-likeness (QED) is 0.730. The Morgan fingerprint density at radius 3 is 2.78 bits per heavy atom. The number of ether oxygens (including phenoxy) is 1. The third kappa shape index (κ3) is 3.17. The van der Waals surface area contributed by atoms with Crippen molar-refractivity contribution in [2.24, 2.45) is 5.92 Å². The number of rotatable bonds is 1. The van der Waals surface area contributed by atoms with E-state index in [1.807, 2.05) is 26.8 Å². The maximum absolute atomic E-state index is 12.2. The van der Waals surface area contributed by atoms with Gasteiger partial charge in [0.2, 0.25) is 5.28 Å². The van der Waals surface area contributed by atoms with Gasteiger partial charge in [0.25, 0.3) is 0 Å². The number of hydrogen-bond donors (Lipinski definition) is 0. The van der Waals surface area contributed by atoms with Gasteiger partial charge in [0.05, 0.1) is 6.04 Å². The molecule has 0 spiro atoms. The predicted molar refractivity (Wildman–Crippen MR) is 84.2 cm³/mol. The van der Waals surface area contributed by atoms with E-state index in [1.54, 1.807) is 11.0 Å². The molecule has 122 valence electrons. The van der Waals surface area contributed by atoms with Gasteiger partial charge in [0, 0.05) is 31.6 Å². The summed E-state index contributed by atoms with van der Waals surface area (Å²) in [5, 5.41) is 9.04. The first-order chi connectivity index (χ1) is 10.8. The van der Waals surface area contributed by atoms with E-state index in [0.29, 0.717) is 24.8 Å². The first kappa shape index (κ1) is 15.8. The van der Waals surface area contributed by atoms with E-state index in [4.69, 9.17) is 21.6 Å². The Bertz CT molecular complexity index is 681. The highest BCUT2D eigenvalue weighted by Crippen LogP contribution is 2.36. The molecule has 1 aromatic rings. The molecule has 23 heavy (non-hydrogen) atoms. The second-order valence-corrected chi connectivity index (χ2v) is 7.20. The first-order valence-electron chi connectivity index (χ1n) is 7.46. The van der Waals surface area contributed by atoms with E-state index in [-0.39, 0.29) is 23.1 Å². The summed E-state index contributed by atoms with van der Waals surface area (Å²) in [5.41, 5.74) is -0.259. The molecule has 0 saturated carbocycles. The zero-order valence-electron chi connectivity index (χ0n) is 13.3. The average molecular weight is 336 g/mol. The minimum absolute atomic E-state index is 0.0597. The van der Waals surface area contributed by atoms with E-state index in [2.05, 4.69) is 14.9 Å². The Balaban J connectivity index is 1.69. The fourth-order valence-corrected chi connectivity index (χ4v) is 3.16. The molecular weight excluding hydrogens is 318 g/mol. The van der Waals surface area contributed by atoms with Gasteiger partial charge in [-0.05, 0) is 32.4 Å². The van der Waals surface area contributed by atoms with Crippen LogP contribution in [0.1, 0.15) is 26.5 Å². The molecule has 1 aromatic heterocycles. The maximum atomic E-state index is 12.2. The van der Waals surface area contributed by atoms with E-state index in [1.165, 1.54) is 0 Å². The highest BCUT2D eigenvalue weighted by Gasteiger charge is 2.48. The SMILES string of the molecule is CC(C)(C)OC(=O)N1C[C@@H]2CN(c3cc(C#N)nc(Cl)n3)[C@@H]2C1. The summed E-state index contributed by atoms with van der Waals surface area (Å²) in [6.45, 7) is 7.61. The highest BCUT2D eigenvalue weighted by molar-refractivity contribution is 6.28. The van der Waals surface area contributed by atoms with Crippen molar-refractivity contribution in [3.63, 3.8) is 0 Å². The van der Waals surface area contributed by atoms with Crippen molar-refractivity contribution in [3.8, 4) is 6.07 Å². The summed E-state index contributed by atoms with van der Waals surface area (Å²) in [5.74, 6) is 1.02. The number of hydrogen-bond acceptors (Lipinski definition) is 6. The standard InChI is InChI=1S/C15H18ClN5O2/c1-15(2,3)23-14(22)20-6-9-7-21(11(9)8-20)12-4-10(5-17)18-13(16)19-12/h4,9,11H,6-8H2,1-3H3/t9-,11-/m1/s1. The van der Waals surface area contributed by atoms with Crippen molar-refractivity contribution in [3.05, 3.63) is 17.0 Å². The number of carbonyl (C=O) groups excluding carboxylic acids is 1. The van der Waals surface area contributed by atoms with E-state index >= 15 is 0 Å². The number of halogens is 1. The molecule has 3 heterocycles. The molecule has 3 rings (SSSR count). The van der Waals surface area contributed by atoms with Gasteiger partial charge in [-0.2, -0.15) is 5.26 Å². The van der Waals surface area contributed by atoms with E-state index in [0.717, 1.165) is 6.54 Å². The summed E-state index contributed by atoms with van der Waals surface area (Å²) in [7, 11) is 0. The fourth-order valence-electron chi connectivity index (χ4n) is 2.99. The normalized spacial score (nSPS) is 23.1. The van der Waals surface area contributed by atoms with Gasteiger partial charge in [0.1, 0.15) is 23.2 Å². The Labute approximate surface area is 139 Å². The van der Waals surface area contributed by atoms with Crippen molar-refractivity contribution in [1.29, 1.82) is 5.26 Å². The molecule has 2 fully saturated rings. The van der Waals surface area contributed by atoms with Gasteiger partial charge in [-0.1, -0.05) is 0 Å². The lowest BCUT2D eigenvalue weighted by Gasteiger charge is -2.44. The summed E-state index contributed by atoms with van der Waals surface area (Å²) >= 11 is 5.86. The van der Waals surface area contributed by atoms with Crippen molar-refractivity contribution in [2.45, 2.75) is 32.4 Å². The summed E-state index contributed by atoms with van der Waals surface area (Å²) in [6, 6.07) is 3.78. The number of amides is 1. The largest absolute Gasteiger partial charge is 0.444 e. The van der Waals surface area contributed by atoms with E-state index < -0.39 is 5.60 Å². The van der Waals surface area contributed by atoms with Crippen LogP contribution < -0.4 is 4.90 Å². The van der Waals surface area contributed by atoms with Crippen molar-refractivity contribution < 1.29 is 9.53 Å². The van der Waals surface area contributed by atoms with Gasteiger partial charge in [-0.3, -0.25) is 0 Å².